The molecular formula is C8H20O3Si. The van der Waals surface area contributed by atoms with Crippen LogP contribution >= 0.6 is 0 Å². The molecule has 3 nitrogen and oxygen atoms in total. The number of rotatable bonds is 9. The summed E-state index contributed by atoms with van der Waals surface area (Å²) in [6, 6.07) is 0. The van der Waals surface area contributed by atoms with Gasteiger partial charge in [0.1, 0.15) is 10.5 Å². The van der Waals surface area contributed by atoms with E-state index < -0.39 is 0 Å². The predicted octanol–water partition coefficient (Wildman–Crippen LogP) is 0.117. The van der Waals surface area contributed by atoms with Crippen LogP contribution in [0.4, 0.5) is 0 Å². The Labute approximate surface area is 77.9 Å². The molecule has 12 heavy (non-hydrogen) atoms. The number of hydrogen-bond acceptors (Lipinski definition) is 3. The monoisotopic (exact) mass is 192 g/mol. The fraction of sp³-hybridized carbons (Fsp3) is 1.00. The van der Waals surface area contributed by atoms with E-state index in [1.54, 1.807) is 0 Å². The molecule has 0 heterocycles. The van der Waals surface area contributed by atoms with Crippen LogP contribution < -0.4 is 0 Å². The van der Waals surface area contributed by atoms with Crippen molar-refractivity contribution in [1.82, 2.24) is 0 Å². The Morgan fingerprint density at radius 3 is 2.08 bits per heavy atom. The predicted molar refractivity (Wildman–Crippen MR) is 52.4 cm³/mol. The summed E-state index contributed by atoms with van der Waals surface area (Å²) < 4.78 is 15.5. The molecule has 0 aliphatic heterocycles. The Kier molecular flexibility index (Phi) is 11.2. The second-order valence-corrected chi connectivity index (χ2v) is 3.15. The molecule has 0 rings (SSSR count). The molecule has 74 valence electrons. The van der Waals surface area contributed by atoms with E-state index in [9.17, 15) is 0 Å². The van der Waals surface area contributed by atoms with Crippen molar-refractivity contribution in [3.63, 3.8) is 0 Å². The average Bonchev–Trinajstić information content (AvgIpc) is 2.10. The molecule has 0 aliphatic carbocycles. The van der Waals surface area contributed by atoms with Gasteiger partial charge in [-0.15, -0.1) is 0 Å². The molecule has 0 radical (unpaired) electrons. The third kappa shape index (κ3) is 10.1. The topological polar surface area (TPSA) is 27.7 Å². The average molecular weight is 192 g/mol. The minimum atomic E-state index is 0.689. The van der Waals surface area contributed by atoms with Gasteiger partial charge in [-0.25, -0.2) is 0 Å². The van der Waals surface area contributed by atoms with Crippen LogP contribution in [0.1, 0.15) is 19.8 Å². The zero-order chi connectivity index (χ0) is 9.07. The summed E-state index contributed by atoms with van der Waals surface area (Å²) in [6.07, 6.45) is 2.33. The number of unbranched alkanes of at least 4 members (excludes halogenated alkanes) is 1. The van der Waals surface area contributed by atoms with E-state index in [0.717, 1.165) is 30.1 Å². The van der Waals surface area contributed by atoms with Crippen LogP contribution in [-0.2, 0) is 13.9 Å². The van der Waals surface area contributed by atoms with E-state index in [0.29, 0.717) is 19.8 Å². The van der Waals surface area contributed by atoms with Crippen LogP contribution in [0.2, 0.25) is 0 Å². The minimum absolute atomic E-state index is 0.689. The molecular weight excluding hydrogens is 172 g/mol. The van der Waals surface area contributed by atoms with E-state index in [1.165, 1.54) is 6.42 Å². The lowest BCUT2D eigenvalue weighted by Gasteiger charge is -2.04. The summed E-state index contributed by atoms with van der Waals surface area (Å²) in [6.45, 7) is 5.83. The summed E-state index contributed by atoms with van der Waals surface area (Å²) in [7, 11) is 0.798. The van der Waals surface area contributed by atoms with Gasteiger partial charge in [0.2, 0.25) is 0 Å². The normalized spacial score (nSPS) is 10.8. The Morgan fingerprint density at radius 1 is 0.917 bits per heavy atom. The van der Waals surface area contributed by atoms with E-state index >= 15 is 0 Å². The lowest BCUT2D eigenvalue weighted by molar-refractivity contribution is 0.0365. The minimum Gasteiger partial charge on any atom is -0.426 e. The van der Waals surface area contributed by atoms with Gasteiger partial charge in [0.15, 0.2) is 0 Å². The van der Waals surface area contributed by atoms with Gasteiger partial charge in [-0.3, -0.25) is 0 Å². The molecule has 0 aromatic carbocycles. The molecule has 0 atom stereocenters. The van der Waals surface area contributed by atoms with Crippen LogP contribution in [0.15, 0.2) is 0 Å². The maximum atomic E-state index is 5.30. The van der Waals surface area contributed by atoms with Crippen LogP contribution in [-0.4, -0.2) is 43.5 Å². The van der Waals surface area contributed by atoms with Crippen molar-refractivity contribution >= 4 is 10.5 Å². The second-order valence-electron chi connectivity index (χ2n) is 2.57. The van der Waals surface area contributed by atoms with Crippen molar-refractivity contribution < 1.29 is 13.9 Å². The molecule has 0 saturated carbocycles. The highest BCUT2D eigenvalue weighted by molar-refractivity contribution is 5.97. The first-order valence-corrected chi connectivity index (χ1v) is 5.38. The van der Waals surface area contributed by atoms with E-state index in [2.05, 4.69) is 6.92 Å². The standard InChI is InChI=1S/C8H20O3Si/c1-2-3-4-9-5-6-10-7-8-11-12/h2-8H2,1,12H3. The summed E-state index contributed by atoms with van der Waals surface area (Å²) in [5.74, 6) is 0. The first-order chi connectivity index (χ1) is 5.91. The molecule has 0 N–H and O–H groups in total. The zero-order valence-corrected chi connectivity index (χ0v) is 10.2. The van der Waals surface area contributed by atoms with Crippen molar-refractivity contribution in [1.29, 1.82) is 0 Å². The van der Waals surface area contributed by atoms with Crippen LogP contribution in [0, 0.1) is 0 Å². The van der Waals surface area contributed by atoms with Crippen molar-refractivity contribution in [3.8, 4) is 0 Å². The molecule has 0 fully saturated rings. The maximum Gasteiger partial charge on any atom is 0.146 e. The summed E-state index contributed by atoms with van der Waals surface area (Å²) in [4.78, 5) is 0. The lowest BCUT2D eigenvalue weighted by Crippen LogP contribution is -2.08. The molecule has 0 unspecified atom stereocenters. The SMILES string of the molecule is CCCCOCCOCCO[SiH3]. The number of ether oxygens (including phenoxy) is 2. The van der Waals surface area contributed by atoms with Gasteiger partial charge in [-0.1, -0.05) is 13.3 Å². The van der Waals surface area contributed by atoms with Crippen LogP contribution in [0.3, 0.4) is 0 Å². The molecule has 0 saturated heterocycles. The molecule has 0 bridgehead atoms. The summed E-state index contributed by atoms with van der Waals surface area (Å²) >= 11 is 0. The first kappa shape index (κ1) is 12.1. The van der Waals surface area contributed by atoms with Gasteiger partial charge in [-0.2, -0.15) is 0 Å². The summed E-state index contributed by atoms with van der Waals surface area (Å²) in [5.41, 5.74) is 0. The lowest BCUT2D eigenvalue weighted by atomic mass is 10.4. The fourth-order valence-corrected chi connectivity index (χ4v) is 0.877. The van der Waals surface area contributed by atoms with Gasteiger partial charge in [0.25, 0.3) is 0 Å². The third-order valence-corrected chi connectivity index (χ3v) is 1.85. The Bertz CT molecular complexity index is 70.7. The maximum absolute atomic E-state index is 5.30. The zero-order valence-electron chi connectivity index (χ0n) is 8.17. The van der Waals surface area contributed by atoms with Crippen molar-refractivity contribution in [3.05, 3.63) is 0 Å². The van der Waals surface area contributed by atoms with E-state index in [1.807, 2.05) is 0 Å². The number of hydrogen-bond donors (Lipinski definition) is 0. The van der Waals surface area contributed by atoms with Gasteiger partial charge >= 0.3 is 0 Å². The molecule has 0 spiro atoms. The molecule has 0 amide bonds. The fourth-order valence-electron chi connectivity index (χ4n) is 0.711. The highest BCUT2D eigenvalue weighted by atomic mass is 28.2. The van der Waals surface area contributed by atoms with Crippen LogP contribution in [0.5, 0.6) is 0 Å². The quantitative estimate of drug-likeness (QED) is 0.383. The van der Waals surface area contributed by atoms with Crippen molar-refractivity contribution in [2.24, 2.45) is 0 Å². The van der Waals surface area contributed by atoms with Gasteiger partial charge in [-0.05, 0) is 6.42 Å². The van der Waals surface area contributed by atoms with Crippen LogP contribution in [0.25, 0.3) is 0 Å². The smallest absolute Gasteiger partial charge is 0.146 e. The van der Waals surface area contributed by atoms with Gasteiger partial charge in [0, 0.05) is 6.61 Å². The highest BCUT2D eigenvalue weighted by Gasteiger charge is 1.88. The second kappa shape index (κ2) is 11.1. The third-order valence-electron chi connectivity index (χ3n) is 1.45. The molecule has 0 aromatic heterocycles. The Morgan fingerprint density at radius 2 is 1.50 bits per heavy atom. The largest absolute Gasteiger partial charge is 0.426 e. The highest BCUT2D eigenvalue weighted by Crippen LogP contribution is 1.87. The molecule has 0 aromatic rings. The van der Waals surface area contributed by atoms with Crippen molar-refractivity contribution in [2.75, 3.05) is 33.0 Å². The van der Waals surface area contributed by atoms with Gasteiger partial charge in [0.05, 0.1) is 26.4 Å². The van der Waals surface area contributed by atoms with E-state index in [4.69, 9.17) is 13.9 Å². The first-order valence-electron chi connectivity index (χ1n) is 4.56. The summed E-state index contributed by atoms with van der Waals surface area (Å²) in [5, 5.41) is 0. The van der Waals surface area contributed by atoms with Crippen molar-refractivity contribution in [2.45, 2.75) is 19.8 Å². The Hall–Kier alpha value is 0.0969. The molecule has 4 heteroatoms. The van der Waals surface area contributed by atoms with E-state index in [-0.39, 0.29) is 0 Å². The Balaban J connectivity index is 2.73. The van der Waals surface area contributed by atoms with Gasteiger partial charge < -0.3 is 13.9 Å². The molecule has 0 aliphatic rings.